The van der Waals surface area contributed by atoms with Crippen molar-refractivity contribution in [1.29, 1.82) is 0 Å². The Morgan fingerprint density at radius 3 is 2.55 bits per heavy atom. The summed E-state index contributed by atoms with van der Waals surface area (Å²) in [6, 6.07) is 9.05. The molecule has 5 nitrogen and oxygen atoms in total. The number of hydrogen-bond acceptors (Lipinski definition) is 5. The molecule has 2 aromatic rings. The van der Waals surface area contributed by atoms with Crippen LogP contribution < -0.4 is 4.72 Å². The highest BCUT2D eigenvalue weighted by Crippen LogP contribution is 2.19. The van der Waals surface area contributed by atoms with E-state index in [0.717, 1.165) is 10.5 Å². The molecule has 1 atom stereocenters. The van der Waals surface area contributed by atoms with Crippen LogP contribution in [0.3, 0.4) is 0 Å². The highest BCUT2D eigenvalue weighted by molar-refractivity contribution is 7.98. The summed E-state index contributed by atoms with van der Waals surface area (Å²) in [7, 11) is -3.45. The molecule has 0 unspecified atom stereocenters. The van der Waals surface area contributed by atoms with Crippen LogP contribution in [0.2, 0.25) is 0 Å². The number of hydrogen-bond donors (Lipinski definition) is 1. The van der Waals surface area contributed by atoms with Crippen molar-refractivity contribution in [2.45, 2.75) is 23.6 Å². The molecule has 0 saturated heterocycles. The molecule has 108 valence electrons. The fourth-order valence-electron chi connectivity index (χ4n) is 1.78. The minimum absolute atomic E-state index is 0.184. The number of sulfonamides is 1. The zero-order valence-corrected chi connectivity index (χ0v) is 12.9. The average molecular weight is 312 g/mol. The lowest BCUT2D eigenvalue weighted by Crippen LogP contribution is -2.28. The molecule has 0 bridgehead atoms. The molecule has 2 rings (SSSR count). The van der Waals surface area contributed by atoms with E-state index in [-0.39, 0.29) is 11.8 Å². The van der Waals surface area contributed by atoms with E-state index in [0.29, 0.717) is 5.69 Å². The van der Waals surface area contributed by atoms with Gasteiger partial charge in [0.1, 0.15) is 12.0 Å². The van der Waals surface area contributed by atoms with Crippen LogP contribution in [-0.4, -0.2) is 19.8 Å². The highest BCUT2D eigenvalue weighted by atomic mass is 32.2. The highest BCUT2D eigenvalue weighted by Gasteiger charge is 2.17. The molecule has 1 N–H and O–H groups in total. The fraction of sp³-hybridized carbons (Fsp3) is 0.308. The van der Waals surface area contributed by atoms with E-state index < -0.39 is 10.0 Å². The van der Waals surface area contributed by atoms with Gasteiger partial charge in [-0.1, -0.05) is 17.3 Å². The summed E-state index contributed by atoms with van der Waals surface area (Å²) in [5, 5.41) is 3.61. The Morgan fingerprint density at radius 1 is 1.30 bits per heavy atom. The number of nitrogens with one attached hydrogen (secondary N) is 1. The van der Waals surface area contributed by atoms with Crippen molar-refractivity contribution in [3.05, 3.63) is 47.9 Å². The molecule has 0 radical (unpaired) electrons. The Labute approximate surface area is 122 Å². The number of aromatic nitrogens is 1. The lowest BCUT2D eigenvalue weighted by Gasteiger charge is -2.14. The number of nitrogens with zero attached hydrogens (tertiary/aromatic N) is 1. The summed E-state index contributed by atoms with van der Waals surface area (Å²) >= 11 is 1.65. The quantitative estimate of drug-likeness (QED) is 0.830. The van der Waals surface area contributed by atoms with Crippen LogP contribution in [0.5, 0.6) is 0 Å². The van der Waals surface area contributed by atoms with Crippen molar-refractivity contribution in [2.24, 2.45) is 0 Å². The lowest BCUT2D eigenvalue weighted by molar-refractivity contribution is 0.413. The van der Waals surface area contributed by atoms with Gasteiger partial charge in [-0.15, -0.1) is 11.8 Å². The van der Waals surface area contributed by atoms with E-state index >= 15 is 0 Å². The molecule has 7 heteroatoms. The minimum Gasteiger partial charge on any atom is -0.364 e. The van der Waals surface area contributed by atoms with Crippen LogP contribution >= 0.6 is 11.8 Å². The van der Waals surface area contributed by atoms with Crippen LogP contribution in [0, 0.1) is 0 Å². The second-order valence-corrected chi connectivity index (χ2v) is 7.00. The molecule has 0 aliphatic rings. The van der Waals surface area contributed by atoms with E-state index in [9.17, 15) is 8.42 Å². The monoisotopic (exact) mass is 312 g/mol. The second-order valence-electron chi connectivity index (χ2n) is 4.36. The van der Waals surface area contributed by atoms with Crippen LogP contribution in [0.15, 0.2) is 46.0 Å². The van der Waals surface area contributed by atoms with Gasteiger partial charge in [-0.2, -0.15) is 0 Å². The van der Waals surface area contributed by atoms with Crippen molar-refractivity contribution in [2.75, 3.05) is 6.26 Å². The summed E-state index contributed by atoms with van der Waals surface area (Å²) in [4.78, 5) is 1.14. The third-order valence-corrected chi connectivity index (χ3v) is 4.93. The first kappa shape index (κ1) is 15.1. The van der Waals surface area contributed by atoms with Gasteiger partial charge in [-0.3, -0.25) is 0 Å². The van der Waals surface area contributed by atoms with E-state index in [1.165, 1.54) is 12.3 Å². The standard InChI is InChI=1S/C13H16N2O3S2/c1-10(11-3-5-13(19-2)6-4-11)15-20(16,17)9-12-7-8-18-14-12/h3-8,10,15H,9H2,1-2H3/t10-/m1/s1. The molecule has 20 heavy (non-hydrogen) atoms. The number of thioether (sulfide) groups is 1. The van der Waals surface area contributed by atoms with Gasteiger partial charge in [-0.25, -0.2) is 13.1 Å². The Kier molecular flexibility index (Phi) is 4.85. The Balaban J connectivity index is 2.04. The van der Waals surface area contributed by atoms with E-state index in [4.69, 9.17) is 0 Å². The van der Waals surface area contributed by atoms with Crippen LogP contribution in [-0.2, 0) is 15.8 Å². The molecular formula is C13H16N2O3S2. The van der Waals surface area contributed by atoms with Crippen LogP contribution in [0.4, 0.5) is 0 Å². The summed E-state index contributed by atoms with van der Waals surface area (Å²) in [6.45, 7) is 1.81. The Bertz CT molecular complexity index is 637. The predicted octanol–water partition coefficient (Wildman–Crippen LogP) is 2.58. The van der Waals surface area contributed by atoms with Crippen molar-refractivity contribution >= 4 is 21.8 Å². The van der Waals surface area contributed by atoms with Crippen molar-refractivity contribution in [3.8, 4) is 0 Å². The molecule has 0 saturated carbocycles. The number of rotatable bonds is 6. The van der Waals surface area contributed by atoms with Crippen LogP contribution in [0.1, 0.15) is 24.2 Å². The van der Waals surface area contributed by atoms with Crippen molar-refractivity contribution < 1.29 is 12.9 Å². The van der Waals surface area contributed by atoms with Gasteiger partial charge in [0, 0.05) is 17.0 Å². The Morgan fingerprint density at radius 2 is 2.00 bits per heavy atom. The molecule has 0 aliphatic carbocycles. The minimum atomic E-state index is -3.45. The van der Waals surface area contributed by atoms with Gasteiger partial charge in [0.2, 0.25) is 10.0 Å². The third kappa shape index (κ3) is 4.09. The summed E-state index contributed by atoms with van der Waals surface area (Å²) < 4.78 is 31.3. The van der Waals surface area contributed by atoms with Crippen molar-refractivity contribution in [1.82, 2.24) is 9.88 Å². The first-order valence-corrected chi connectivity index (χ1v) is 8.91. The number of benzene rings is 1. The summed E-state index contributed by atoms with van der Waals surface area (Å²) in [5.74, 6) is -0.184. The maximum Gasteiger partial charge on any atom is 0.218 e. The van der Waals surface area contributed by atoms with E-state index in [1.807, 2.05) is 37.4 Å². The van der Waals surface area contributed by atoms with Crippen molar-refractivity contribution in [3.63, 3.8) is 0 Å². The van der Waals surface area contributed by atoms with Crippen LogP contribution in [0.25, 0.3) is 0 Å². The summed E-state index contributed by atoms with van der Waals surface area (Å²) in [6.07, 6.45) is 3.36. The molecule has 0 fully saturated rings. The molecule has 1 aromatic heterocycles. The molecule has 0 amide bonds. The van der Waals surface area contributed by atoms with E-state index in [2.05, 4.69) is 14.4 Å². The van der Waals surface area contributed by atoms with Gasteiger partial charge in [-0.05, 0) is 30.9 Å². The normalized spacial score (nSPS) is 13.3. The van der Waals surface area contributed by atoms with Gasteiger partial charge < -0.3 is 4.52 Å². The maximum atomic E-state index is 12.0. The summed E-state index contributed by atoms with van der Waals surface area (Å²) in [5.41, 5.74) is 1.31. The SMILES string of the molecule is CSc1ccc([C@@H](C)NS(=O)(=O)Cc2ccon2)cc1. The zero-order valence-electron chi connectivity index (χ0n) is 11.2. The first-order chi connectivity index (χ1) is 9.50. The molecular weight excluding hydrogens is 296 g/mol. The molecule has 1 aromatic carbocycles. The van der Waals surface area contributed by atoms with Gasteiger partial charge in [0.05, 0.1) is 5.69 Å². The smallest absolute Gasteiger partial charge is 0.218 e. The van der Waals surface area contributed by atoms with Gasteiger partial charge in [0.25, 0.3) is 0 Å². The zero-order chi connectivity index (χ0) is 14.6. The average Bonchev–Trinajstić information content (AvgIpc) is 2.90. The Hall–Kier alpha value is -1.31. The van der Waals surface area contributed by atoms with Gasteiger partial charge >= 0.3 is 0 Å². The molecule has 1 heterocycles. The van der Waals surface area contributed by atoms with Gasteiger partial charge in [0.15, 0.2) is 0 Å². The topological polar surface area (TPSA) is 72.2 Å². The fourth-order valence-corrected chi connectivity index (χ4v) is 3.48. The first-order valence-electron chi connectivity index (χ1n) is 6.03. The second kappa shape index (κ2) is 6.43. The molecule has 0 aliphatic heterocycles. The maximum absolute atomic E-state index is 12.0. The largest absolute Gasteiger partial charge is 0.364 e. The third-order valence-electron chi connectivity index (χ3n) is 2.80. The van der Waals surface area contributed by atoms with E-state index in [1.54, 1.807) is 11.8 Å². The lowest BCUT2D eigenvalue weighted by atomic mass is 10.1. The predicted molar refractivity (Wildman–Crippen MR) is 78.9 cm³/mol. The molecule has 0 spiro atoms.